The van der Waals surface area contributed by atoms with Gasteiger partial charge in [-0.05, 0) is 151 Å². The summed E-state index contributed by atoms with van der Waals surface area (Å²) >= 11 is 0. The van der Waals surface area contributed by atoms with Crippen molar-refractivity contribution in [2.45, 2.75) is 5.41 Å². The highest BCUT2D eigenvalue weighted by molar-refractivity contribution is 5.97. The Kier molecular flexibility index (Phi) is 9.77. The number of para-hydroxylation sites is 2. The second-order valence-corrected chi connectivity index (χ2v) is 18.1. The number of fused-ring (bicyclic) bond motifs is 10. The molecule has 13 rings (SSSR count). The number of benzene rings is 11. The van der Waals surface area contributed by atoms with Crippen LogP contribution in [0.25, 0.3) is 55.6 Å². The molecule has 0 amide bonds. The average Bonchev–Trinajstić information content (AvgIpc) is 3.90. The molecule has 1 spiro atoms. The molecule has 0 heterocycles. The predicted molar refractivity (Wildman–Crippen MR) is 288 cm³/mol. The Balaban J connectivity index is 1.05. The molecule has 69 heavy (non-hydrogen) atoms. The fraction of sp³-hybridized carbons (Fsp3) is 0.0149. The van der Waals surface area contributed by atoms with Gasteiger partial charge in [-0.25, -0.2) is 0 Å². The van der Waals surface area contributed by atoms with Gasteiger partial charge in [0.2, 0.25) is 0 Å². The molecule has 2 aliphatic carbocycles. The minimum atomic E-state index is -0.456. The highest BCUT2D eigenvalue weighted by Crippen LogP contribution is 2.63. The molecule has 0 atom stereocenters. The van der Waals surface area contributed by atoms with Gasteiger partial charge in [0.05, 0.1) is 5.41 Å². The quantitative estimate of drug-likeness (QED) is 0.143. The third kappa shape index (κ3) is 6.72. The zero-order valence-electron chi connectivity index (χ0n) is 38.0. The Labute approximate surface area is 404 Å². The summed E-state index contributed by atoms with van der Waals surface area (Å²) in [4.78, 5) is 4.80. The Bertz CT molecular complexity index is 3430. The highest BCUT2D eigenvalue weighted by atomic mass is 15.2. The molecule has 0 aliphatic heterocycles. The van der Waals surface area contributed by atoms with Crippen LogP contribution >= 0.6 is 0 Å². The van der Waals surface area contributed by atoms with Crippen LogP contribution in [0.5, 0.6) is 0 Å². The Morgan fingerprint density at radius 3 is 0.928 bits per heavy atom. The molecule has 0 aromatic heterocycles. The number of hydrogen-bond donors (Lipinski definition) is 0. The molecule has 0 unspecified atom stereocenters. The van der Waals surface area contributed by atoms with E-state index in [1.165, 1.54) is 66.8 Å². The van der Waals surface area contributed by atoms with Crippen molar-refractivity contribution in [3.8, 4) is 55.6 Å². The van der Waals surface area contributed by atoms with Crippen LogP contribution in [0, 0.1) is 0 Å². The van der Waals surface area contributed by atoms with E-state index in [2.05, 4.69) is 289 Å². The Hall–Kier alpha value is -8.98. The largest absolute Gasteiger partial charge is 0.310 e. The van der Waals surface area contributed by atoms with Crippen molar-refractivity contribution in [3.63, 3.8) is 0 Å². The second kappa shape index (κ2) is 16.7. The van der Waals surface area contributed by atoms with Crippen LogP contribution in [0.3, 0.4) is 0 Å². The molecule has 324 valence electrons. The van der Waals surface area contributed by atoms with E-state index in [9.17, 15) is 0 Å². The molecule has 11 aromatic carbocycles. The van der Waals surface area contributed by atoms with Crippen molar-refractivity contribution in [2.24, 2.45) is 0 Å². The fourth-order valence-electron chi connectivity index (χ4n) is 11.2. The van der Waals surface area contributed by atoms with Gasteiger partial charge in [-0.1, -0.05) is 206 Å². The van der Waals surface area contributed by atoms with Gasteiger partial charge in [0.15, 0.2) is 0 Å². The van der Waals surface area contributed by atoms with Gasteiger partial charge in [0.1, 0.15) is 0 Å². The number of anilines is 6. The maximum atomic E-state index is 2.50. The lowest BCUT2D eigenvalue weighted by molar-refractivity contribution is 0.794. The van der Waals surface area contributed by atoms with Crippen molar-refractivity contribution in [1.29, 1.82) is 0 Å². The number of rotatable bonds is 9. The summed E-state index contributed by atoms with van der Waals surface area (Å²) < 4.78 is 0. The van der Waals surface area contributed by atoms with E-state index < -0.39 is 5.41 Å². The summed E-state index contributed by atoms with van der Waals surface area (Å²) in [5.74, 6) is 0. The van der Waals surface area contributed by atoms with Crippen LogP contribution in [0.4, 0.5) is 34.1 Å². The van der Waals surface area contributed by atoms with E-state index in [-0.39, 0.29) is 0 Å². The van der Waals surface area contributed by atoms with E-state index in [1.807, 2.05) is 0 Å². The molecule has 2 heteroatoms. The third-order valence-corrected chi connectivity index (χ3v) is 14.2. The molecule has 0 saturated carbocycles. The molecule has 2 nitrogen and oxygen atoms in total. The van der Waals surface area contributed by atoms with Crippen molar-refractivity contribution in [2.75, 3.05) is 9.80 Å². The monoisotopic (exact) mass is 878 g/mol. The summed E-state index contributed by atoms with van der Waals surface area (Å²) in [7, 11) is 0. The topological polar surface area (TPSA) is 6.48 Å². The third-order valence-electron chi connectivity index (χ3n) is 14.2. The van der Waals surface area contributed by atoms with Crippen molar-refractivity contribution in [1.82, 2.24) is 0 Å². The Morgan fingerprint density at radius 1 is 0.188 bits per heavy atom. The zero-order chi connectivity index (χ0) is 45.7. The van der Waals surface area contributed by atoms with Gasteiger partial charge < -0.3 is 9.80 Å². The first kappa shape index (κ1) is 40.3. The maximum absolute atomic E-state index is 2.50. The van der Waals surface area contributed by atoms with Gasteiger partial charge in [-0.3, -0.25) is 0 Å². The van der Waals surface area contributed by atoms with Gasteiger partial charge in [-0.15, -0.1) is 0 Å². The smallest absolute Gasteiger partial charge is 0.0725 e. The molecular formula is C67H46N2. The van der Waals surface area contributed by atoms with Gasteiger partial charge in [-0.2, -0.15) is 0 Å². The highest BCUT2D eigenvalue weighted by Gasteiger charge is 2.51. The van der Waals surface area contributed by atoms with Gasteiger partial charge in [0.25, 0.3) is 0 Å². The first-order chi connectivity index (χ1) is 34.2. The van der Waals surface area contributed by atoms with Crippen molar-refractivity contribution >= 4 is 34.1 Å². The summed E-state index contributed by atoms with van der Waals surface area (Å²) in [5.41, 5.74) is 23.5. The molecule has 0 saturated heterocycles. The van der Waals surface area contributed by atoms with Crippen LogP contribution in [-0.4, -0.2) is 0 Å². The first-order valence-corrected chi connectivity index (χ1v) is 23.8. The van der Waals surface area contributed by atoms with Gasteiger partial charge in [0, 0.05) is 34.1 Å². The summed E-state index contributed by atoms with van der Waals surface area (Å²) in [6.07, 6.45) is 0. The number of nitrogens with zero attached hydrogens (tertiary/aromatic N) is 2. The molecule has 0 bridgehead atoms. The lowest BCUT2D eigenvalue weighted by Crippen LogP contribution is -2.25. The van der Waals surface area contributed by atoms with Crippen LogP contribution in [0.15, 0.2) is 279 Å². The fourth-order valence-corrected chi connectivity index (χ4v) is 11.2. The van der Waals surface area contributed by atoms with E-state index in [4.69, 9.17) is 0 Å². The molecule has 11 aromatic rings. The lowest BCUT2D eigenvalue weighted by Gasteiger charge is -2.31. The molecule has 0 radical (unpaired) electrons. The van der Waals surface area contributed by atoms with E-state index in [1.54, 1.807) is 0 Å². The minimum absolute atomic E-state index is 0.456. The average molecular weight is 879 g/mol. The summed E-state index contributed by atoms with van der Waals surface area (Å²) in [6, 6.07) is 102. The van der Waals surface area contributed by atoms with Crippen molar-refractivity contribution < 1.29 is 0 Å². The van der Waals surface area contributed by atoms with Crippen LogP contribution in [-0.2, 0) is 5.41 Å². The van der Waals surface area contributed by atoms with E-state index >= 15 is 0 Å². The summed E-state index contributed by atoms with van der Waals surface area (Å²) in [6.45, 7) is 0. The maximum Gasteiger partial charge on any atom is 0.0725 e. The predicted octanol–water partition coefficient (Wildman–Crippen LogP) is 18.0. The summed E-state index contributed by atoms with van der Waals surface area (Å²) in [5, 5.41) is 0. The van der Waals surface area contributed by atoms with Crippen LogP contribution in [0.2, 0.25) is 0 Å². The minimum Gasteiger partial charge on any atom is -0.310 e. The molecular weight excluding hydrogens is 833 g/mol. The Morgan fingerprint density at radius 2 is 0.507 bits per heavy atom. The first-order valence-electron chi connectivity index (χ1n) is 23.8. The van der Waals surface area contributed by atoms with Crippen LogP contribution in [0.1, 0.15) is 22.3 Å². The molecule has 0 fully saturated rings. The number of hydrogen-bond acceptors (Lipinski definition) is 2. The zero-order valence-corrected chi connectivity index (χ0v) is 38.0. The SMILES string of the molecule is c1ccc(-c2ccc(N(c3ccccc3)c3cc(-c4ccc5c(c4)C4(c6ccccc6-c6ccccc64)c4ccccc4-5)cc(N(c4ccccc4)c4ccc(-c5ccccc5)cc4)c3)cc2)cc1. The van der Waals surface area contributed by atoms with Gasteiger partial charge >= 0.3 is 0 Å². The lowest BCUT2D eigenvalue weighted by atomic mass is 9.70. The van der Waals surface area contributed by atoms with E-state index in [0.29, 0.717) is 0 Å². The standard InChI is InChI=1S/C67H46N2/c1-5-19-47(20-6-1)49-33-38-55(39-34-49)68(53-23-9-3-10-24-53)57-43-52(44-58(46-57)69(54-25-11-4-12-26-54)56-40-35-50(36-41-56)48-21-7-2-8-22-48)51-37-42-62-61-29-15-18-32-65(61)67(66(62)45-51)63-30-16-13-27-59(63)60-28-14-17-31-64(60)67/h1-46H. The second-order valence-electron chi connectivity index (χ2n) is 18.1. The molecule has 0 N–H and O–H groups in total. The van der Waals surface area contributed by atoms with E-state index in [0.717, 1.165) is 45.3 Å². The van der Waals surface area contributed by atoms with Crippen molar-refractivity contribution in [3.05, 3.63) is 301 Å². The van der Waals surface area contributed by atoms with Crippen LogP contribution < -0.4 is 9.80 Å². The normalized spacial score (nSPS) is 12.5. The molecule has 2 aliphatic rings.